The van der Waals surface area contributed by atoms with Crippen LogP contribution in [0.2, 0.25) is 0 Å². The van der Waals surface area contributed by atoms with Gasteiger partial charge in [-0.2, -0.15) is 31.2 Å². The van der Waals surface area contributed by atoms with Crippen molar-refractivity contribution < 1.29 is 50.4 Å². The van der Waals surface area contributed by atoms with Crippen LogP contribution in [-0.4, -0.2) is 56.5 Å². The Labute approximate surface area is 220 Å². The SMILES string of the molecule is COc1ccc(Cc2c(C)c(C)c(=O)[nH][n+]2OC(=O)C(F)(F)F)cc1C(=O)N1CCn2c(nnc2C(F)(F)F)C1. The zero-order valence-electron chi connectivity index (χ0n) is 21.1. The topological polar surface area (TPSA) is 123 Å². The molecule has 0 spiro atoms. The van der Waals surface area contributed by atoms with Crippen molar-refractivity contribution in [3.8, 4) is 5.75 Å². The van der Waals surface area contributed by atoms with Crippen LogP contribution >= 0.6 is 0 Å². The molecule has 0 radical (unpaired) electrons. The number of halogens is 6. The van der Waals surface area contributed by atoms with E-state index < -0.39 is 35.6 Å². The van der Waals surface area contributed by atoms with Crippen molar-refractivity contribution in [3.63, 3.8) is 0 Å². The summed E-state index contributed by atoms with van der Waals surface area (Å²) in [5.41, 5.74) is -0.0258. The van der Waals surface area contributed by atoms with Gasteiger partial charge in [-0.05, 0) is 31.5 Å². The van der Waals surface area contributed by atoms with Crippen molar-refractivity contribution in [3.05, 3.63) is 68.1 Å². The van der Waals surface area contributed by atoms with Gasteiger partial charge in [0.1, 0.15) is 10.6 Å². The predicted molar refractivity (Wildman–Crippen MR) is 120 cm³/mol. The maximum atomic E-state index is 13.4. The van der Waals surface area contributed by atoms with Crippen molar-refractivity contribution in [2.75, 3.05) is 13.7 Å². The maximum absolute atomic E-state index is 13.4. The van der Waals surface area contributed by atoms with Gasteiger partial charge in [-0.25, -0.2) is 4.79 Å². The van der Waals surface area contributed by atoms with E-state index in [1.165, 1.54) is 44.1 Å². The van der Waals surface area contributed by atoms with E-state index in [4.69, 9.17) is 4.74 Å². The summed E-state index contributed by atoms with van der Waals surface area (Å²) in [4.78, 5) is 43.0. The number of hydrogen-bond donors (Lipinski definition) is 1. The predicted octanol–water partition coefficient (Wildman–Crippen LogP) is 1.66. The molecule has 1 aliphatic rings. The number of aromatic nitrogens is 5. The fourth-order valence-corrected chi connectivity index (χ4v) is 4.14. The lowest BCUT2D eigenvalue weighted by atomic mass is 10.0. The molecule has 0 saturated heterocycles. The molecule has 0 aliphatic carbocycles. The van der Waals surface area contributed by atoms with Gasteiger partial charge in [0.25, 0.3) is 11.6 Å². The second kappa shape index (κ2) is 10.3. The molecule has 0 atom stereocenters. The first-order chi connectivity index (χ1) is 18.6. The number of hydrogen-bond acceptors (Lipinski definition) is 7. The average Bonchev–Trinajstić information content (AvgIpc) is 3.32. The number of nitrogens with zero attached hydrogens (tertiary/aromatic N) is 5. The molecule has 3 heterocycles. The van der Waals surface area contributed by atoms with Crippen LogP contribution < -0.4 is 20.0 Å². The molecule has 1 aromatic carbocycles. The van der Waals surface area contributed by atoms with E-state index >= 15 is 0 Å². The largest absolute Gasteiger partial charge is 0.498 e. The number of fused-ring (bicyclic) bond motifs is 1. The van der Waals surface area contributed by atoms with Crippen molar-refractivity contribution in [2.24, 2.45) is 0 Å². The van der Waals surface area contributed by atoms with E-state index in [1.807, 2.05) is 0 Å². The molecule has 3 aromatic rings. The van der Waals surface area contributed by atoms with Gasteiger partial charge in [-0.1, -0.05) is 11.2 Å². The summed E-state index contributed by atoms with van der Waals surface area (Å²) < 4.78 is 84.1. The van der Waals surface area contributed by atoms with E-state index in [9.17, 15) is 40.7 Å². The molecule has 0 unspecified atom stereocenters. The van der Waals surface area contributed by atoms with Crippen molar-refractivity contribution in [1.82, 2.24) is 24.8 Å². The van der Waals surface area contributed by atoms with Crippen LogP contribution in [-0.2, 0) is 30.5 Å². The Balaban J connectivity index is 1.66. The Morgan fingerprint density at radius 2 is 1.77 bits per heavy atom. The Morgan fingerprint density at radius 1 is 1.07 bits per heavy atom. The van der Waals surface area contributed by atoms with Crippen LogP contribution in [0.25, 0.3) is 0 Å². The third-order valence-electron chi connectivity index (χ3n) is 6.35. The van der Waals surface area contributed by atoms with E-state index in [2.05, 4.69) is 20.1 Å². The van der Waals surface area contributed by atoms with E-state index in [1.54, 1.807) is 0 Å². The van der Waals surface area contributed by atoms with Crippen LogP contribution in [0.4, 0.5) is 26.3 Å². The summed E-state index contributed by atoms with van der Waals surface area (Å²) in [6.45, 7) is 2.32. The molecule has 4 rings (SSSR count). The number of carbonyl (C=O) groups is 2. The molecule has 0 bridgehead atoms. The molecule has 1 amide bonds. The lowest BCUT2D eigenvalue weighted by Crippen LogP contribution is -2.58. The Morgan fingerprint density at radius 3 is 2.40 bits per heavy atom. The third kappa shape index (κ3) is 5.48. The number of rotatable bonds is 5. The maximum Gasteiger partial charge on any atom is 0.498 e. The zero-order chi connectivity index (χ0) is 29.6. The zero-order valence-corrected chi connectivity index (χ0v) is 21.1. The van der Waals surface area contributed by atoms with Crippen LogP contribution in [0.3, 0.4) is 0 Å². The smallest absolute Gasteiger partial charge is 0.496 e. The molecule has 1 N–H and O–H groups in total. The first-order valence-electron chi connectivity index (χ1n) is 11.5. The molecule has 214 valence electrons. The normalized spacial score (nSPS) is 13.7. The Bertz CT molecular complexity index is 1540. The van der Waals surface area contributed by atoms with Gasteiger partial charge in [0.05, 0.1) is 25.6 Å². The summed E-state index contributed by atoms with van der Waals surface area (Å²) >= 11 is 0. The first-order valence-corrected chi connectivity index (χ1v) is 11.5. The quantitative estimate of drug-likeness (QED) is 0.363. The minimum Gasteiger partial charge on any atom is -0.496 e. The minimum atomic E-state index is -5.33. The number of benzene rings is 1. The number of aromatic amines is 1. The van der Waals surface area contributed by atoms with Crippen LogP contribution in [0.5, 0.6) is 5.75 Å². The second-order valence-corrected chi connectivity index (χ2v) is 8.84. The molecular weight excluding hydrogens is 554 g/mol. The van der Waals surface area contributed by atoms with Gasteiger partial charge in [0.15, 0.2) is 5.82 Å². The molecule has 40 heavy (non-hydrogen) atoms. The molecule has 0 saturated carbocycles. The summed E-state index contributed by atoms with van der Waals surface area (Å²) in [5.74, 6) is -4.26. The number of ether oxygens (including phenoxy) is 1. The monoisotopic (exact) mass is 575 g/mol. The molecular formula is C23H21F6N6O5+. The summed E-state index contributed by atoms with van der Waals surface area (Å²) in [6, 6.07) is 4.32. The number of amides is 1. The third-order valence-corrected chi connectivity index (χ3v) is 6.35. The van der Waals surface area contributed by atoms with E-state index in [0.29, 0.717) is 10.4 Å². The number of methoxy groups -OCH3 is 1. The van der Waals surface area contributed by atoms with Crippen LogP contribution in [0.1, 0.15) is 44.4 Å². The van der Waals surface area contributed by atoms with Gasteiger partial charge >= 0.3 is 23.9 Å². The summed E-state index contributed by atoms with van der Waals surface area (Å²) in [6.07, 6.45) is -10.2. The van der Waals surface area contributed by atoms with Crippen LogP contribution in [0.15, 0.2) is 23.0 Å². The number of nitrogens with one attached hydrogen (secondary N) is 1. The van der Waals surface area contributed by atoms with Gasteiger partial charge in [0.2, 0.25) is 5.82 Å². The molecule has 17 heteroatoms. The molecule has 2 aromatic heterocycles. The molecule has 11 nitrogen and oxygen atoms in total. The van der Waals surface area contributed by atoms with Crippen molar-refractivity contribution in [2.45, 2.75) is 45.7 Å². The number of carbonyl (C=O) groups excluding carboxylic acids is 2. The Hall–Kier alpha value is -4.44. The second-order valence-electron chi connectivity index (χ2n) is 8.84. The summed E-state index contributed by atoms with van der Waals surface area (Å²) in [5, 5.41) is 8.81. The number of alkyl halides is 6. The molecule has 0 fully saturated rings. The standard InChI is InChI=1S/C23H20F6N6O5/c1-11-12(2)18(36)32-35(40-21(38)23(27,28)29)15(11)9-13-4-5-16(39-3)14(8-13)19(37)33-6-7-34-17(10-33)30-31-20(34)22(24,25)26/h4-5,8H,6-7,9-10H2,1-3H3/p+1. The van der Waals surface area contributed by atoms with E-state index in [0.717, 1.165) is 4.57 Å². The highest BCUT2D eigenvalue weighted by Gasteiger charge is 2.46. The van der Waals surface area contributed by atoms with E-state index in [-0.39, 0.29) is 60.0 Å². The highest BCUT2D eigenvalue weighted by Crippen LogP contribution is 2.30. The van der Waals surface area contributed by atoms with Gasteiger partial charge in [-0.15, -0.1) is 10.2 Å². The number of H-pyrrole nitrogens is 1. The fourth-order valence-electron chi connectivity index (χ4n) is 4.14. The highest BCUT2D eigenvalue weighted by atomic mass is 19.4. The first kappa shape index (κ1) is 28.6. The average molecular weight is 575 g/mol. The summed E-state index contributed by atoms with van der Waals surface area (Å²) in [7, 11) is 1.30. The van der Waals surface area contributed by atoms with Crippen molar-refractivity contribution in [1.29, 1.82) is 0 Å². The van der Waals surface area contributed by atoms with Gasteiger partial charge in [-0.3, -0.25) is 9.59 Å². The van der Waals surface area contributed by atoms with Crippen molar-refractivity contribution >= 4 is 11.9 Å². The van der Waals surface area contributed by atoms with Crippen LogP contribution in [0, 0.1) is 13.8 Å². The lowest BCUT2D eigenvalue weighted by molar-refractivity contribution is -0.921. The van der Waals surface area contributed by atoms with Gasteiger partial charge in [0, 0.05) is 24.2 Å². The fraction of sp³-hybridized carbons (Fsp3) is 0.391. The molecule has 1 aliphatic heterocycles. The lowest BCUT2D eigenvalue weighted by Gasteiger charge is -2.28. The Kier molecular flexibility index (Phi) is 7.33. The van der Waals surface area contributed by atoms with Gasteiger partial charge < -0.3 is 14.2 Å². The highest BCUT2D eigenvalue weighted by molar-refractivity contribution is 5.97. The minimum absolute atomic E-state index is 0.0102.